The number of ether oxygens (including phenoxy) is 2. The highest BCUT2D eigenvalue weighted by Gasteiger charge is 2.34. The molecule has 1 aromatic rings. The molecule has 25 heavy (non-hydrogen) atoms. The van der Waals surface area contributed by atoms with Gasteiger partial charge in [0.25, 0.3) is 0 Å². The van der Waals surface area contributed by atoms with Crippen molar-refractivity contribution in [2.45, 2.75) is 25.7 Å². The molecule has 3 rings (SSSR count). The van der Waals surface area contributed by atoms with Crippen molar-refractivity contribution in [2.75, 3.05) is 40.3 Å². The Kier molecular flexibility index (Phi) is 5.81. The molecule has 0 saturated carbocycles. The molecule has 1 aromatic carbocycles. The molecular formula is C20H29NO3P+. The molecule has 0 spiro atoms. The van der Waals surface area contributed by atoms with Gasteiger partial charge >= 0.3 is 0 Å². The predicted molar refractivity (Wildman–Crippen MR) is 105 cm³/mol. The number of benzene rings is 1. The molecule has 2 unspecified atom stereocenters. The Labute approximate surface area is 151 Å². The largest absolute Gasteiger partial charge is 0.493 e. The van der Waals surface area contributed by atoms with Gasteiger partial charge in [0.05, 0.1) is 34.7 Å². The molecule has 0 amide bonds. The maximum Gasteiger partial charge on any atom is 0.166 e. The summed E-state index contributed by atoms with van der Waals surface area (Å²) in [6.07, 6.45) is 9.56. The minimum Gasteiger partial charge on any atom is -0.493 e. The molecule has 1 heterocycles. The van der Waals surface area contributed by atoms with Crippen LogP contribution in [0.2, 0.25) is 0 Å². The number of piperidine rings is 1. The highest BCUT2D eigenvalue weighted by molar-refractivity contribution is 7.54. The van der Waals surface area contributed by atoms with Gasteiger partial charge in [-0.25, -0.2) is 0 Å². The molecule has 5 heteroatoms. The zero-order valence-electron chi connectivity index (χ0n) is 15.6. The Morgan fingerprint density at radius 2 is 1.84 bits per heavy atom. The number of methoxy groups -OCH3 is 2. The van der Waals surface area contributed by atoms with E-state index in [0.717, 1.165) is 43.3 Å². The summed E-state index contributed by atoms with van der Waals surface area (Å²) in [6, 6.07) is 3.84. The minimum absolute atomic E-state index is 0.101. The van der Waals surface area contributed by atoms with Crippen molar-refractivity contribution in [2.24, 2.45) is 11.8 Å². The van der Waals surface area contributed by atoms with Crippen molar-refractivity contribution < 1.29 is 14.3 Å². The molecule has 0 aromatic heterocycles. The van der Waals surface area contributed by atoms with Gasteiger partial charge in [0.1, 0.15) is 0 Å². The summed E-state index contributed by atoms with van der Waals surface area (Å²) in [6.45, 7) is 4.54. The number of carbonyl (C=O) groups excluding carboxylic acids is 1. The Hall–Kier alpha value is -1.38. The number of nitrogens with zero attached hydrogens (tertiary/aromatic N) is 1. The summed E-state index contributed by atoms with van der Waals surface area (Å²) in [7, 11) is 3.15. The summed E-state index contributed by atoms with van der Waals surface area (Å²) in [4.78, 5) is 15.4. The summed E-state index contributed by atoms with van der Waals surface area (Å²) >= 11 is 0. The van der Waals surface area contributed by atoms with Gasteiger partial charge in [-0.05, 0) is 49.3 Å². The third-order valence-corrected chi connectivity index (χ3v) is 6.36. The van der Waals surface area contributed by atoms with Crippen LogP contribution in [0.15, 0.2) is 12.1 Å². The Morgan fingerprint density at radius 3 is 2.44 bits per heavy atom. The minimum atomic E-state index is -0.101. The number of Topliss-reactive ketones (excluding diaryl/α,β-unsaturated/α-hetero) is 1. The van der Waals surface area contributed by atoms with Gasteiger partial charge in [0.15, 0.2) is 23.6 Å². The lowest BCUT2D eigenvalue weighted by atomic mass is 9.85. The van der Waals surface area contributed by atoms with E-state index in [1.807, 2.05) is 12.1 Å². The summed E-state index contributed by atoms with van der Waals surface area (Å²) in [5.41, 5.74) is 1.94. The highest BCUT2D eigenvalue weighted by Crippen LogP contribution is 2.39. The van der Waals surface area contributed by atoms with E-state index in [1.54, 1.807) is 14.2 Å². The lowest BCUT2D eigenvalue weighted by molar-refractivity contribution is 0.0901. The third-order valence-electron chi connectivity index (χ3n) is 5.48. The Morgan fingerprint density at radius 1 is 1.20 bits per heavy atom. The van der Waals surface area contributed by atoms with Gasteiger partial charge in [-0.3, -0.25) is 9.69 Å². The first kappa shape index (κ1) is 18.4. The van der Waals surface area contributed by atoms with Crippen LogP contribution in [0.5, 0.6) is 11.5 Å². The van der Waals surface area contributed by atoms with E-state index in [9.17, 15) is 4.79 Å². The lowest BCUT2D eigenvalue weighted by Crippen LogP contribution is -2.34. The van der Waals surface area contributed by atoms with E-state index in [0.29, 0.717) is 17.4 Å². The Bertz CT molecular complexity index is 665. The number of likely N-dealkylation sites (tertiary alicyclic amines) is 1. The fraction of sp³-hybridized carbons (Fsp3) is 0.600. The standard InChI is InChI=1S/C20H29NO3P/c1-23-18-11-15-10-16(20(22)17(15)12-19(18)24-2)9-14-5-7-21(8-6-14)13-25(3)4/h11-12,14,16H,3,5-10,13H2,1-2,4H3/q+1. The van der Waals surface area contributed by atoms with Crippen LogP contribution >= 0.6 is 7.55 Å². The van der Waals surface area contributed by atoms with Crippen LogP contribution < -0.4 is 9.47 Å². The molecule has 0 radical (unpaired) electrons. The molecule has 1 aliphatic heterocycles. The normalized spacial score (nSPS) is 22.0. The smallest absolute Gasteiger partial charge is 0.166 e. The van der Waals surface area contributed by atoms with Crippen molar-refractivity contribution in [3.63, 3.8) is 0 Å². The second-order valence-electron chi connectivity index (χ2n) is 7.42. The van der Waals surface area contributed by atoms with E-state index in [4.69, 9.17) is 9.47 Å². The van der Waals surface area contributed by atoms with Crippen LogP contribution in [0.3, 0.4) is 0 Å². The van der Waals surface area contributed by atoms with E-state index < -0.39 is 0 Å². The number of carbonyl (C=O) groups is 1. The second-order valence-corrected chi connectivity index (χ2v) is 9.42. The Balaban J connectivity index is 1.62. The zero-order chi connectivity index (χ0) is 18.0. The van der Waals surface area contributed by atoms with E-state index >= 15 is 0 Å². The molecule has 136 valence electrons. The van der Waals surface area contributed by atoms with E-state index in [1.165, 1.54) is 12.8 Å². The quantitative estimate of drug-likeness (QED) is 0.724. The van der Waals surface area contributed by atoms with Crippen molar-refractivity contribution in [3.8, 4) is 11.5 Å². The molecule has 1 saturated heterocycles. The fourth-order valence-electron chi connectivity index (χ4n) is 4.20. The van der Waals surface area contributed by atoms with Crippen molar-refractivity contribution in [1.82, 2.24) is 4.90 Å². The first-order valence-electron chi connectivity index (χ1n) is 9.05. The van der Waals surface area contributed by atoms with Crippen LogP contribution in [0, 0.1) is 11.8 Å². The molecule has 0 N–H and O–H groups in total. The predicted octanol–water partition coefficient (Wildman–Crippen LogP) is 3.66. The molecule has 4 nitrogen and oxygen atoms in total. The number of rotatable bonds is 6. The van der Waals surface area contributed by atoms with Gasteiger partial charge in [0.2, 0.25) is 0 Å². The molecule has 2 aliphatic rings. The van der Waals surface area contributed by atoms with Crippen LogP contribution in [-0.4, -0.2) is 57.2 Å². The number of ketones is 1. The third kappa shape index (κ3) is 4.07. The van der Waals surface area contributed by atoms with E-state index in [2.05, 4.69) is 17.9 Å². The summed E-state index contributed by atoms with van der Waals surface area (Å²) in [5, 5.41) is 0. The molecule has 2 atom stereocenters. The van der Waals surface area contributed by atoms with Gasteiger partial charge in [-0.15, -0.1) is 0 Å². The van der Waals surface area contributed by atoms with Crippen LogP contribution in [0.1, 0.15) is 35.2 Å². The molecule has 1 fully saturated rings. The lowest BCUT2D eigenvalue weighted by Gasteiger charge is -2.30. The highest BCUT2D eigenvalue weighted by atomic mass is 31.1. The summed E-state index contributed by atoms with van der Waals surface area (Å²) < 4.78 is 10.7. The van der Waals surface area contributed by atoms with Gasteiger partial charge in [-0.1, -0.05) is 0 Å². The van der Waals surface area contributed by atoms with Crippen molar-refractivity contribution in [1.29, 1.82) is 0 Å². The SMILES string of the molecule is C=[P+](C)CN1CCC(CC2Cc3cc(OC)c(OC)cc3C2=O)CC1. The number of hydrogen-bond acceptors (Lipinski definition) is 4. The van der Waals surface area contributed by atoms with Crippen LogP contribution in [0.4, 0.5) is 0 Å². The first-order valence-corrected chi connectivity index (χ1v) is 11.2. The average Bonchev–Trinajstić information content (AvgIpc) is 2.90. The van der Waals surface area contributed by atoms with E-state index in [-0.39, 0.29) is 19.2 Å². The van der Waals surface area contributed by atoms with Gasteiger partial charge in [0, 0.05) is 24.6 Å². The van der Waals surface area contributed by atoms with Crippen molar-refractivity contribution >= 4 is 19.6 Å². The van der Waals surface area contributed by atoms with Gasteiger partial charge < -0.3 is 9.47 Å². The maximum atomic E-state index is 12.8. The monoisotopic (exact) mass is 362 g/mol. The number of hydrogen-bond donors (Lipinski definition) is 0. The van der Waals surface area contributed by atoms with Crippen molar-refractivity contribution in [3.05, 3.63) is 23.3 Å². The fourth-order valence-corrected chi connectivity index (χ4v) is 5.16. The maximum absolute atomic E-state index is 12.8. The average molecular weight is 362 g/mol. The van der Waals surface area contributed by atoms with Gasteiger partial charge in [-0.2, -0.15) is 0 Å². The molecule has 1 aliphatic carbocycles. The molecule has 0 bridgehead atoms. The second kappa shape index (κ2) is 7.88. The zero-order valence-corrected chi connectivity index (χ0v) is 16.5. The first-order chi connectivity index (χ1) is 12.0. The summed E-state index contributed by atoms with van der Waals surface area (Å²) in [5.74, 6) is 2.43. The number of fused-ring (bicyclic) bond motifs is 1. The topological polar surface area (TPSA) is 38.8 Å². The van der Waals surface area contributed by atoms with Crippen LogP contribution in [0.25, 0.3) is 0 Å². The van der Waals surface area contributed by atoms with Crippen LogP contribution in [-0.2, 0) is 6.42 Å². The molecular weight excluding hydrogens is 333 g/mol.